The number of ether oxygens (including phenoxy) is 1. The minimum Gasteiger partial charge on any atom is -0.457 e. The Morgan fingerprint density at radius 2 is 1.60 bits per heavy atom. The molecule has 5 N–H and O–H groups in total. The third-order valence-electron chi connectivity index (χ3n) is 1.79. The van der Waals surface area contributed by atoms with Crippen molar-refractivity contribution in [3.63, 3.8) is 0 Å². The normalized spacial score (nSPS) is 19.1. The van der Waals surface area contributed by atoms with E-state index in [4.69, 9.17) is 15.3 Å². The van der Waals surface area contributed by atoms with Crippen molar-refractivity contribution >= 4 is 5.97 Å². The van der Waals surface area contributed by atoms with Crippen molar-refractivity contribution in [3.8, 4) is 0 Å². The largest absolute Gasteiger partial charge is 0.457 e. The zero-order valence-corrected chi connectivity index (χ0v) is 8.28. The first kappa shape index (κ1) is 14.3. The molecule has 90 valence electrons. The predicted octanol–water partition coefficient (Wildman–Crippen LogP) is -3.01. The van der Waals surface area contributed by atoms with E-state index in [1.807, 2.05) is 0 Å². The van der Waals surface area contributed by atoms with Crippen molar-refractivity contribution in [2.24, 2.45) is 0 Å². The highest BCUT2D eigenvalue weighted by molar-refractivity contribution is 5.66. The first-order chi connectivity index (χ1) is 6.93. The SMILES string of the molecule is CC(=O)OC(C(O)CO)C(O)C(O)CO. The zero-order valence-electron chi connectivity index (χ0n) is 8.28. The molecular formula is C8H16O7. The van der Waals surface area contributed by atoms with E-state index in [0.29, 0.717) is 0 Å². The van der Waals surface area contributed by atoms with Crippen molar-refractivity contribution in [3.05, 3.63) is 0 Å². The van der Waals surface area contributed by atoms with Crippen LogP contribution < -0.4 is 0 Å². The number of esters is 1. The molecule has 0 aliphatic heterocycles. The van der Waals surface area contributed by atoms with Gasteiger partial charge in [0.1, 0.15) is 18.3 Å². The van der Waals surface area contributed by atoms with Crippen LogP contribution in [0.5, 0.6) is 0 Å². The Hall–Kier alpha value is -0.730. The van der Waals surface area contributed by atoms with Crippen LogP contribution in [0.3, 0.4) is 0 Å². The number of hydrogen-bond donors (Lipinski definition) is 5. The molecule has 4 atom stereocenters. The van der Waals surface area contributed by atoms with E-state index in [1.54, 1.807) is 0 Å². The van der Waals surface area contributed by atoms with E-state index >= 15 is 0 Å². The monoisotopic (exact) mass is 224 g/mol. The highest BCUT2D eigenvalue weighted by Gasteiger charge is 2.33. The van der Waals surface area contributed by atoms with Gasteiger partial charge in [-0.2, -0.15) is 0 Å². The molecule has 0 amide bonds. The molecule has 0 saturated carbocycles. The summed E-state index contributed by atoms with van der Waals surface area (Å²) >= 11 is 0. The Bertz CT molecular complexity index is 195. The van der Waals surface area contributed by atoms with Crippen LogP contribution in [0, 0.1) is 0 Å². The lowest BCUT2D eigenvalue weighted by Gasteiger charge is -2.28. The van der Waals surface area contributed by atoms with Gasteiger partial charge in [-0.25, -0.2) is 0 Å². The molecule has 0 radical (unpaired) electrons. The third kappa shape index (κ3) is 4.54. The zero-order chi connectivity index (χ0) is 12.0. The lowest BCUT2D eigenvalue weighted by Crippen LogP contribution is -2.49. The molecule has 0 aromatic heterocycles. The summed E-state index contributed by atoms with van der Waals surface area (Å²) in [5.41, 5.74) is 0. The van der Waals surface area contributed by atoms with Crippen LogP contribution in [0.25, 0.3) is 0 Å². The molecule has 0 heterocycles. The molecular weight excluding hydrogens is 208 g/mol. The maximum absolute atomic E-state index is 10.6. The maximum Gasteiger partial charge on any atom is 0.303 e. The Labute approximate surface area is 86.5 Å². The average molecular weight is 224 g/mol. The first-order valence-electron chi connectivity index (χ1n) is 4.37. The van der Waals surface area contributed by atoms with Gasteiger partial charge in [-0.05, 0) is 0 Å². The number of carbonyl (C=O) groups is 1. The second kappa shape index (κ2) is 6.70. The number of carbonyl (C=O) groups excluding carboxylic acids is 1. The van der Waals surface area contributed by atoms with E-state index in [1.165, 1.54) is 0 Å². The topological polar surface area (TPSA) is 127 Å². The van der Waals surface area contributed by atoms with Crippen LogP contribution in [-0.4, -0.2) is 69.1 Å². The van der Waals surface area contributed by atoms with Gasteiger partial charge in [-0.15, -0.1) is 0 Å². The van der Waals surface area contributed by atoms with Gasteiger partial charge < -0.3 is 30.3 Å². The summed E-state index contributed by atoms with van der Waals surface area (Å²) in [7, 11) is 0. The molecule has 0 bridgehead atoms. The molecule has 7 nitrogen and oxygen atoms in total. The second-order valence-electron chi connectivity index (χ2n) is 3.06. The third-order valence-corrected chi connectivity index (χ3v) is 1.79. The van der Waals surface area contributed by atoms with Gasteiger partial charge in [0.25, 0.3) is 0 Å². The fourth-order valence-corrected chi connectivity index (χ4v) is 0.998. The quantitative estimate of drug-likeness (QED) is 0.304. The Morgan fingerprint density at radius 3 is 1.93 bits per heavy atom. The minimum absolute atomic E-state index is 0.743. The van der Waals surface area contributed by atoms with E-state index < -0.39 is 43.6 Å². The number of aliphatic hydroxyl groups excluding tert-OH is 5. The highest BCUT2D eigenvalue weighted by atomic mass is 16.6. The van der Waals surface area contributed by atoms with Gasteiger partial charge >= 0.3 is 5.97 Å². The molecule has 0 aromatic carbocycles. The number of rotatable bonds is 6. The van der Waals surface area contributed by atoms with Gasteiger partial charge in [-0.1, -0.05) is 0 Å². The molecule has 0 aliphatic rings. The average Bonchev–Trinajstić information content (AvgIpc) is 2.22. The fourth-order valence-electron chi connectivity index (χ4n) is 0.998. The summed E-state index contributed by atoms with van der Waals surface area (Å²) in [6.45, 7) is -0.445. The summed E-state index contributed by atoms with van der Waals surface area (Å²) in [5.74, 6) is -0.781. The van der Waals surface area contributed by atoms with Crippen LogP contribution in [-0.2, 0) is 9.53 Å². The van der Waals surface area contributed by atoms with Crippen molar-refractivity contribution in [1.82, 2.24) is 0 Å². The summed E-state index contributed by atoms with van der Waals surface area (Å²) in [5, 5.41) is 44.8. The molecule has 15 heavy (non-hydrogen) atoms. The maximum atomic E-state index is 10.6. The van der Waals surface area contributed by atoms with Gasteiger partial charge in [0.2, 0.25) is 0 Å². The number of hydrogen-bond acceptors (Lipinski definition) is 7. The predicted molar refractivity (Wildman–Crippen MR) is 47.7 cm³/mol. The van der Waals surface area contributed by atoms with E-state index in [2.05, 4.69) is 4.74 Å². The van der Waals surface area contributed by atoms with Gasteiger partial charge in [-0.3, -0.25) is 4.79 Å². The second-order valence-corrected chi connectivity index (χ2v) is 3.06. The van der Waals surface area contributed by atoms with Crippen molar-refractivity contribution in [2.45, 2.75) is 31.3 Å². The van der Waals surface area contributed by atoms with Crippen LogP contribution in [0.4, 0.5) is 0 Å². The van der Waals surface area contributed by atoms with Crippen LogP contribution in [0.1, 0.15) is 6.92 Å². The van der Waals surface area contributed by atoms with Gasteiger partial charge in [0, 0.05) is 6.92 Å². The molecule has 7 heteroatoms. The minimum atomic E-state index is -1.67. The van der Waals surface area contributed by atoms with Gasteiger partial charge in [0.15, 0.2) is 6.10 Å². The summed E-state index contributed by atoms with van der Waals surface area (Å²) in [4.78, 5) is 10.6. The lowest BCUT2D eigenvalue weighted by atomic mass is 10.0. The Kier molecular flexibility index (Phi) is 6.37. The van der Waals surface area contributed by atoms with E-state index in [-0.39, 0.29) is 0 Å². The molecule has 0 saturated heterocycles. The Morgan fingerprint density at radius 1 is 1.13 bits per heavy atom. The standard InChI is InChI=1S/C8H16O7/c1-4(11)15-8(6(13)3-10)7(14)5(12)2-9/h5-10,12-14H,2-3H2,1H3. The molecule has 0 rings (SSSR count). The van der Waals surface area contributed by atoms with Crippen molar-refractivity contribution < 1.29 is 35.1 Å². The highest BCUT2D eigenvalue weighted by Crippen LogP contribution is 2.09. The summed E-state index contributed by atoms with van der Waals surface area (Å²) in [6, 6.07) is 0. The Balaban J connectivity index is 4.53. The lowest BCUT2D eigenvalue weighted by molar-refractivity contribution is -0.174. The van der Waals surface area contributed by atoms with E-state index in [0.717, 1.165) is 6.92 Å². The number of aliphatic hydroxyl groups is 5. The summed E-state index contributed by atoms with van der Waals surface area (Å²) < 4.78 is 4.52. The first-order valence-corrected chi connectivity index (χ1v) is 4.37. The smallest absolute Gasteiger partial charge is 0.303 e. The van der Waals surface area contributed by atoms with Crippen LogP contribution >= 0.6 is 0 Å². The van der Waals surface area contributed by atoms with E-state index in [9.17, 15) is 15.0 Å². The fraction of sp³-hybridized carbons (Fsp3) is 0.875. The van der Waals surface area contributed by atoms with Gasteiger partial charge in [0.05, 0.1) is 13.2 Å². The van der Waals surface area contributed by atoms with Crippen LogP contribution in [0.2, 0.25) is 0 Å². The van der Waals surface area contributed by atoms with Crippen molar-refractivity contribution in [2.75, 3.05) is 13.2 Å². The molecule has 0 aromatic rings. The summed E-state index contributed by atoms with van der Waals surface area (Å²) in [6.07, 6.45) is -6.23. The molecule has 0 fully saturated rings. The van der Waals surface area contributed by atoms with Crippen LogP contribution in [0.15, 0.2) is 0 Å². The molecule has 4 unspecified atom stereocenters. The van der Waals surface area contributed by atoms with Crippen molar-refractivity contribution in [1.29, 1.82) is 0 Å². The molecule has 0 aliphatic carbocycles. The molecule has 0 spiro atoms.